The van der Waals surface area contributed by atoms with Gasteiger partial charge >= 0.3 is 0 Å². The van der Waals surface area contributed by atoms with E-state index in [4.69, 9.17) is 4.74 Å². The third-order valence-corrected chi connectivity index (χ3v) is 5.59. The van der Waals surface area contributed by atoms with Gasteiger partial charge in [-0.15, -0.1) is 0 Å². The lowest BCUT2D eigenvalue weighted by molar-refractivity contribution is 0.0582. The van der Waals surface area contributed by atoms with Gasteiger partial charge in [0.2, 0.25) is 0 Å². The van der Waals surface area contributed by atoms with E-state index in [2.05, 4.69) is 9.88 Å². The zero-order valence-corrected chi connectivity index (χ0v) is 14.7. The molecule has 1 saturated carbocycles. The van der Waals surface area contributed by atoms with Crippen molar-refractivity contribution >= 4 is 16.8 Å². The van der Waals surface area contributed by atoms with Gasteiger partial charge in [-0.05, 0) is 31.4 Å². The molecule has 1 aliphatic heterocycles. The number of nitrogens with zero attached hydrogens (tertiary/aromatic N) is 2. The fraction of sp³-hybridized carbons (Fsp3) is 0.524. The van der Waals surface area contributed by atoms with Crippen molar-refractivity contribution in [3.63, 3.8) is 0 Å². The summed E-state index contributed by atoms with van der Waals surface area (Å²) in [5, 5.41) is 1.03. The van der Waals surface area contributed by atoms with E-state index in [1.807, 2.05) is 30.3 Å². The number of benzene rings is 1. The van der Waals surface area contributed by atoms with Gasteiger partial charge in [0, 0.05) is 36.7 Å². The average molecular weight is 338 g/mol. The molecular weight excluding hydrogens is 312 g/mol. The SMILES string of the molecule is O=C(c1cnc2ccccc2c1)N(CC1CCOC1)C1CCCCC1. The van der Waals surface area contributed by atoms with E-state index in [-0.39, 0.29) is 5.91 Å². The summed E-state index contributed by atoms with van der Waals surface area (Å²) in [4.78, 5) is 19.9. The minimum absolute atomic E-state index is 0.136. The summed E-state index contributed by atoms with van der Waals surface area (Å²) in [6.07, 6.45) is 8.80. The predicted octanol–water partition coefficient (Wildman–Crippen LogP) is 4.05. The Labute approximate surface area is 149 Å². The Bertz CT molecular complexity index is 734. The second-order valence-corrected chi connectivity index (χ2v) is 7.40. The Hall–Kier alpha value is -1.94. The molecule has 2 aliphatic rings. The van der Waals surface area contributed by atoms with Crippen molar-refractivity contribution in [1.82, 2.24) is 9.88 Å². The molecule has 2 heterocycles. The molecule has 1 aliphatic carbocycles. The first-order chi connectivity index (χ1) is 12.3. The van der Waals surface area contributed by atoms with Gasteiger partial charge in [0.05, 0.1) is 17.7 Å². The second kappa shape index (κ2) is 7.52. The van der Waals surface area contributed by atoms with Crippen LogP contribution in [0.1, 0.15) is 48.9 Å². The fourth-order valence-electron chi connectivity index (χ4n) is 4.15. The first kappa shape index (κ1) is 16.5. The van der Waals surface area contributed by atoms with Crippen LogP contribution in [0.15, 0.2) is 36.5 Å². The van der Waals surface area contributed by atoms with Gasteiger partial charge in [0.1, 0.15) is 0 Å². The van der Waals surface area contributed by atoms with Gasteiger partial charge in [0.25, 0.3) is 5.91 Å². The first-order valence-corrected chi connectivity index (χ1v) is 9.55. The number of aromatic nitrogens is 1. The number of para-hydroxylation sites is 1. The topological polar surface area (TPSA) is 42.4 Å². The molecule has 1 amide bonds. The lowest BCUT2D eigenvalue weighted by Gasteiger charge is -2.36. The highest BCUT2D eigenvalue weighted by molar-refractivity contribution is 5.97. The van der Waals surface area contributed by atoms with Crippen LogP contribution in [0.3, 0.4) is 0 Å². The van der Waals surface area contributed by atoms with E-state index >= 15 is 0 Å². The summed E-state index contributed by atoms with van der Waals surface area (Å²) in [5.41, 5.74) is 1.65. The van der Waals surface area contributed by atoms with Gasteiger partial charge in [0.15, 0.2) is 0 Å². The highest BCUT2D eigenvalue weighted by Gasteiger charge is 2.30. The van der Waals surface area contributed by atoms with E-state index in [1.165, 1.54) is 19.3 Å². The smallest absolute Gasteiger partial charge is 0.255 e. The van der Waals surface area contributed by atoms with Crippen molar-refractivity contribution in [2.45, 2.75) is 44.6 Å². The van der Waals surface area contributed by atoms with Crippen molar-refractivity contribution in [2.24, 2.45) is 5.92 Å². The summed E-state index contributed by atoms with van der Waals surface area (Å²) in [6.45, 7) is 2.43. The van der Waals surface area contributed by atoms with Gasteiger partial charge in [-0.1, -0.05) is 37.5 Å². The summed E-state index contributed by atoms with van der Waals surface area (Å²) in [5.74, 6) is 0.608. The average Bonchev–Trinajstić information content (AvgIpc) is 3.19. The molecular formula is C21H26N2O2. The van der Waals surface area contributed by atoms with E-state index in [9.17, 15) is 4.79 Å². The van der Waals surface area contributed by atoms with Crippen LogP contribution < -0.4 is 0 Å². The molecule has 4 rings (SSSR count). The molecule has 1 aromatic carbocycles. The quantitative estimate of drug-likeness (QED) is 0.845. The van der Waals surface area contributed by atoms with E-state index < -0.39 is 0 Å². The monoisotopic (exact) mass is 338 g/mol. The minimum atomic E-state index is 0.136. The van der Waals surface area contributed by atoms with Crippen molar-refractivity contribution in [3.05, 3.63) is 42.1 Å². The van der Waals surface area contributed by atoms with E-state index in [1.54, 1.807) is 6.20 Å². The fourth-order valence-corrected chi connectivity index (χ4v) is 4.15. The number of pyridine rings is 1. The van der Waals surface area contributed by atoms with Crippen LogP contribution in [-0.2, 0) is 4.74 Å². The maximum Gasteiger partial charge on any atom is 0.255 e. The Morgan fingerprint density at radius 1 is 1.16 bits per heavy atom. The molecule has 0 spiro atoms. The first-order valence-electron chi connectivity index (χ1n) is 9.55. The number of hydrogen-bond acceptors (Lipinski definition) is 3. The van der Waals surface area contributed by atoms with E-state index in [0.29, 0.717) is 17.5 Å². The Kier molecular flexibility index (Phi) is 4.97. The second-order valence-electron chi connectivity index (χ2n) is 7.40. The molecule has 0 bridgehead atoms. The zero-order chi connectivity index (χ0) is 17.1. The molecule has 0 N–H and O–H groups in total. The summed E-state index contributed by atoms with van der Waals surface area (Å²) in [7, 11) is 0. The largest absolute Gasteiger partial charge is 0.381 e. The van der Waals surface area contributed by atoms with Crippen molar-refractivity contribution in [3.8, 4) is 0 Å². The van der Waals surface area contributed by atoms with Crippen LogP contribution in [0.2, 0.25) is 0 Å². The molecule has 4 heteroatoms. The van der Waals surface area contributed by atoms with Gasteiger partial charge in [-0.2, -0.15) is 0 Å². The summed E-state index contributed by atoms with van der Waals surface area (Å²) >= 11 is 0. The molecule has 1 unspecified atom stereocenters. The molecule has 0 radical (unpaired) electrons. The Morgan fingerprint density at radius 3 is 2.80 bits per heavy atom. The number of hydrogen-bond donors (Lipinski definition) is 0. The Balaban J connectivity index is 1.60. The number of ether oxygens (including phenoxy) is 1. The standard InChI is InChI=1S/C21H26N2O2/c24-21(18-12-17-6-4-5-9-20(17)22-13-18)23(14-16-10-11-25-15-16)19-7-2-1-3-8-19/h4-6,9,12-13,16,19H,1-3,7-8,10-11,14-15H2. The minimum Gasteiger partial charge on any atom is -0.381 e. The van der Waals surface area contributed by atoms with Gasteiger partial charge in [-0.25, -0.2) is 0 Å². The van der Waals surface area contributed by atoms with Crippen LogP contribution in [0.4, 0.5) is 0 Å². The Morgan fingerprint density at radius 2 is 2.00 bits per heavy atom. The molecule has 25 heavy (non-hydrogen) atoms. The molecule has 2 fully saturated rings. The molecule has 2 aromatic rings. The number of fused-ring (bicyclic) bond motifs is 1. The number of carbonyl (C=O) groups excluding carboxylic acids is 1. The van der Waals surface area contributed by atoms with Crippen LogP contribution >= 0.6 is 0 Å². The molecule has 1 atom stereocenters. The van der Waals surface area contributed by atoms with Crippen molar-refractivity contribution in [2.75, 3.05) is 19.8 Å². The van der Waals surface area contributed by atoms with Crippen LogP contribution in [0.25, 0.3) is 10.9 Å². The van der Waals surface area contributed by atoms with Crippen LogP contribution in [-0.4, -0.2) is 41.6 Å². The molecule has 4 nitrogen and oxygen atoms in total. The number of carbonyl (C=O) groups is 1. The van der Waals surface area contributed by atoms with Crippen molar-refractivity contribution in [1.29, 1.82) is 0 Å². The molecule has 132 valence electrons. The third-order valence-electron chi connectivity index (χ3n) is 5.59. The van der Waals surface area contributed by atoms with Crippen molar-refractivity contribution < 1.29 is 9.53 Å². The predicted molar refractivity (Wildman–Crippen MR) is 98.6 cm³/mol. The highest BCUT2D eigenvalue weighted by Crippen LogP contribution is 2.27. The third kappa shape index (κ3) is 3.69. The number of rotatable bonds is 4. The molecule has 1 aromatic heterocycles. The van der Waals surface area contributed by atoms with Crippen LogP contribution in [0, 0.1) is 5.92 Å². The van der Waals surface area contributed by atoms with Gasteiger partial charge in [-0.3, -0.25) is 9.78 Å². The van der Waals surface area contributed by atoms with E-state index in [0.717, 1.165) is 49.9 Å². The maximum atomic E-state index is 13.3. The number of amides is 1. The zero-order valence-electron chi connectivity index (χ0n) is 14.7. The summed E-state index contributed by atoms with van der Waals surface area (Å²) in [6, 6.07) is 10.3. The lowest BCUT2D eigenvalue weighted by atomic mass is 9.92. The normalized spacial score (nSPS) is 21.5. The molecule has 1 saturated heterocycles. The van der Waals surface area contributed by atoms with Gasteiger partial charge < -0.3 is 9.64 Å². The maximum absolute atomic E-state index is 13.3. The lowest BCUT2D eigenvalue weighted by Crippen LogP contribution is -2.44. The summed E-state index contributed by atoms with van der Waals surface area (Å²) < 4.78 is 5.54. The van der Waals surface area contributed by atoms with Crippen LogP contribution in [0.5, 0.6) is 0 Å². The highest BCUT2D eigenvalue weighted by atomic mass is 16.5.